The van der Waals surface area contributed by atoms with Gasteiger partial charge in [-0.3, -0.25) is 9.78 Å². The fraction of sp³-hybridized carbons (Fsp3) is 0.263. The van der Waals surface area contributed by atoms with Crippen LogP contribution in [-0.2, 0) is 4.79 Å². The summed E-state index contributed by atoms with van der Waals surface area (Å²) >= 11 is 1.24. The molecule has 8 heteroatoms. The van der Waals surface area contributed by atoms with Gasteiger partial charge in [-0.25, -0.2) is 0 Å². The lowest BCUT2D eigenvalue weighted by molar-refractivity contribution is -0.116. The number of amides is 1. The highest BCUT2D eigenvalue weighted by molar-refractivity contribution is 8.00. The molecule has 2 aromatic heterocycles. The Labute approximate surface area is 161 Å². The largest absolute Gasteiger partial charge is 0.495 e. The molecule has 0 spiro atoms. The van der Waals surface area contributed by atoms with E-state index >= 15 is 0 Å². The highest BCUT2D eigenvalue weighted by atomic mass is 32.2. The Kier molecular flexibility index (Phi) is 6.08. The highest BCUT2D eigenvalue weighted by Crippen LogP contribution is 2.31. The molecule has 140 valence electrons. The van der Waals surface area contributed by atoms with Crippen molar-refractivity contribution in [1.82, 2.24) is 15.2 Å². The van der Waals surface area contributed by atoms with Crippen LogP contribution in [0, 0.1) is 5.92 Å². The van der Waals surface area contributed by atoms with Crippen LogP contribution in [-0.4, -0.2) is 33.4 Å². The Morgan fingerprint density at radius 3 is 2.59 bits per heavy atom. The van der Waals surface area contributed by atoms with Crippen molar-refractivity contribution >= 4 is 23.4 Å². The van der Waals surface area contributed by atoms with Crippen LogP contribution in [0.25, 0.3) is 11.5 Å². The normalized spacial score (nSPS) is 12.0. The van der Waals surface area contributed by atoms with Gasteiger partial charge in [-0.2, -0.15) is 0 Å². The van der Waals surface area contributed by atoms with E-state index in [0.29, 0.717) is 22.6 Å². The number of aromatic nitrogens is 3. The maximum Gasteiger partial charge on any atom is 0.277 e. The summed E-state index contributed by atoms with van der Waals surface area (Å²) in [6, 6.07) is 10.9. The number of para-hydroxylation sites is 2. The number of carbonyl (C=O) groups is 1. The number of thioether (sulfide) groups is 1. The van der Waals surface area contributed by atoms with Crippen LogP contribution >= 0.6 is 11.8 Å². The first-order chi connectivity index (χ1) is 13.1. The van der Waals surface area contributed by atoms with Crippen LogP contribution in [0.5, 0.6) is 5.75 Å². The molecule has 0 bridgehead atoms. The number of benzene rings is 1. The third-order valence-electron chi connectivity index (χ3n) is 3.79. The topological polar surface area (TPSA) is 90.1 Å². The number of nitrogens with zero attached hydrogens (tertiary/aromatic N) is 3. The second kappa shape index (κ2) is 8.68. The molecule has 3 aromatic rings. The van der Waals surface area contributed by atoms with Gasteiger partial charge in [-0.1, -0.05) is 37.7 Å². The van der Waals surface area contributed by atoms with Gasteiger partial charge in [-0.05, 0) is 30.2 Å². The van der Waals surface area contributed by atoms with Gasteiger partial charge in [0.25, 0.3) is 5.22 Å². The summed E-state index contributed by atoms with van der Waals surface area (Å²) in [5.41, 5.74) is 1.41. The Hall–Kier alpha value is -2.87. The van der Waals surface area contributed by atoms with E-state index < -0.39 is 5.25 Å². The molecule has 0 aliphatic carbocycles. The molecule has 1 N–H and O–H groups in total. The molecule has 0 fully saturated rings. The molecular weight excluding hydrogens is 364 g/mol. The maximum atomic E-state index is 12.8. The lowest BCUT2D eigenvalue weighted by Gasteiger charge is -2.18. The third kappa shape index (κ3) is 4.65. The summed E-state index contributed by atoms with van der Waals surface area (Å²) in [5, 5.41) is 11.0. The van der Waals surface area contributed by atoms with Crippen LogP contribution in [0.4, 0.5) is 5.69 Å². The number of ether oxygens (including phenoxy) is 1. The molecule has 1 amide bonds. The number of anilines is 1. The second-order valence-corrected chi connectivity index (χ2v) is 7.17. The molecule has 0 radical (unpaired) electrons. The molecule has 0 saturated carbocycles. The van der Waals surface area contributed by atoms with Crippen molar-refractivity contribution in [3.63, 3.8) is 0 Å². The predicted octanol–water partition coefficient (Wildman–Crippen LogP) is 3.90. The van der Waals surface area contributed by atoms with E-state index in [0.717, 1.165) is 5.56 Å². The summed E-state index contributed by atoms with van der Waals surface area (Å²) in [6.07, 6.45) is 3.31. The average molecular weight is 384 g/mol. The molecule has 0 aliphatic rings. The smallest absolute Gasteiger partial charge is 0.277 e. The molecule has 1 aromatic carbocycles. The average Bonchev–Trinajstić information content (AvgIpc) is 3.15. The van der Waals surface area contributed by atoms with E-state index in [1.165, 1.54) is 11.8 Å². The summed E-state index contributed by atoms with van der Waals surface area (Å²) in [6.45, 7) is 3.94. The van der Waals surface area contributed by atoms with E-state index in [-0.39, 0.29) is 11.8 Å². The molecular formula is C19H20N4O3S. The zero-order chi connectivity index (χ0) is 19.2. The quantitative estimate of drug-likeness (QED) is 0.618. The summed E-state index contributed by atoms with van der Waals surface area (Å²) < 4.78 is 11.0. The first-order valence-electron chi connectivity index (χ1n) is 8.43. The molecule has 0 aliphatic heterocycles. The van der Waals surface area contributed by atoms with Crippen LogP contribution in [0.1, 0.15) is 13.8 Å². The number of hydrogen-bond donors (Lipinski definition) is 1. The molecule has 1 unspecified atom stereocenters. The number of rotatable bonds is 7. The van der Waals surface area contributed by atoms with Gasteiger partial charge in [-0.15, -0.1) is 10.2 Å². The lowest BCUT2D eigenvalue weighted by Crippen LogP contribution is -2.29. The van der Waals surface area contributed by atoms with Gasteiger partial charge in [0, 0.05) is 18.0 Å². The molecule has 7 nitrogen and oxygen atoms in total. The van der Waals surface area contributed by atoms with Crippen molar-refractivity contribution in [2.75, 3.05) is 12.4 Å². The molecule has 1 atom stereocenters. The zero-order valence-electron chi connectivity index (χ0n) is 15.2. The van der Waals surface area contributed by atoms with Gasteiger partial charge in [0.2, 0.25) is 11.8 Å². The summed E-state index contributed by atoms with van der Waals surface area (Å²) in [5.74, 6) is 0.910. The Bertz CT molecular complexity index is 899. The van der Waals surface area contributed by atoms with Crippen LogP contribution < -0.4 is 10.1 Å². The molecule has 2 heterocycles. The number of pyridine rings is 1. The van der Waals surface area contributed by atoms with Crippen molar-refractivity contribution in [3.05, 3.63) is 48.8 Å². The van der Waals surface area contributed by atoms with E-state index in [9.17, 15) is 4.79 Å². The van der Waals surface area contributed by atoms with Crippen molar-refractivity contribution < 1.29 is 13.9 Å². The minimum absolute atomic E-state index is 0.0565. The predicted molar refractivity (Wildman–Crippen MR) is 104 cm³/mol. The highest BCUT2D eigenvalue weighted by Gasteiger charge is 2.27. The van der Waals surface area contributed by atoms with Gasteiger partial charge in [0.05, 0.1) is 18.0 Å². The van der Waals surface area contributed by atoms with Crippen molar-refractivity contribution in [3.8, 4) is 17.2 Å². The minimum Gasteiger partial charge on any atom is -0.495 e. The minimum atomic E-state index is -0.402. The van der Waals surface area contributed by atoms with Gasteiger partial charge in [0.1, 0.15) is 5.75 Å². The van der Waals surface area contributed by atoms with Crippen LogP contribution in [0.3, 0.4) is 0 Å². The Morgan fingerprint density at radius 2 is 1.89 bits per heavy atom. The lowest BCUT2D eigenvalue weighted by atomic mass is 10.1. The van der Waals surface area contributed by atoms with Crippen molar-refractivity contribution in [2.45, 2.75) is 24.3 Å². The van der Waals surface area contributed by atoms with E-state index in [1.807, 2.05) is 26.0 Å². The van der Waals surface area contributed by atoms with Gasteiger partial charge >= 0.3 is 0 Å². The summed E-state index contributed by atoms with van der Waals surface area (Å²) in [4.78, 5) is 16.8. The van der Waals surface area contributed by atoms with Crippen molar-refractivity contribution in [2.24, 2.45) is 5.92 Å². The number of hydrogen-bond acceptors (Lipinski definition) is 7. The van der Waals surface area contributed by atoms with E-state index in [1.54, 1.807) is 43.8 Å². The molecule has 0 saturated heterocycles. The van der Waals surface area contributed by atoms with Crippen LogP contribution in [0.2, 0.25) is 0 Å². The number of carbonyl (C=O) groups excluding carboxylic acids is 1. The van der Waals surface area contributed by atoms with E-state index in [2.05, 4.69) is 20.5 Å². The zero-order valence-corrected chi connectivity index (χ0v) is 16.1. The SMILES string of the molecule is COc1ccccc1NC(=O)C(Sc1nnc(-c2ccncc2)o1)C(C)C. The monoisotopic (exact) mass is 384 g/mol. The van der Waals surface area contributed by atoms with Crippen LogP contribution in [0.15, 0.2) is 58.4 Å². The first kappa shape index (κ1) is 18.9. The Morgan fingerprint density at radius 1 is 1.15 bits per heavy atom. The van der Waals surface area contributed by atoms with E-state index in [4.69, 9.17) is 9.15 Å². The summed E-state index contributed by atoms with van der Waals surface area (Å²) in [7, 11) is 1.57. The second-order valence-electron chi connectivity index (χ2n) is 6.08. The number of nitrogens with one attached hydrogen (secondary N) is 1. The molecule has 3 rings (SSSR count). The maximum absolute atomic E-state index is 12.8. The standard InChI is InChI=1S/C19H20N4O3S/c1-12(2)16(17(24)21-14-6-4-5-7-15(14)25-3)27-19-23-22-18(26-19)13-8-10-20-11-9-13/h4-12,16H,1-3H3,(H,21,24). The third-order valence-corrected chi connectivity index (χ3v) is 5.17. The number of methoxy groups -OCH3 is 1. The van der Waals surface area contributed by atoms with Gasteiger partial charge < -0.3 is 14.5 Å². The fourth-order valence-corrected chi connectivity index (χ4v) is 3.29. The van der Waals surface area contributed by atoms with Crippen molar-refractivity contribution in [1.29, 1.82) is 0 Å². The first-order valence-corrected chi connectivity index (χ1v) is 9.31. The fourth-order valence-electron chi connectivity index (χ4n) is 2.42. The van der Waals surface area contributed by atoms with Gasteiger partial charge in [0.15, 0.2) is 0 Å². The Balaban J connectivity index is 1.74. The molecule has 27 heavy (non-hydrogen) atoms.